The lowest BCUT2D eigenvalue weighted by Crippen LogP contribution is -2.22. The van der Waals surface area contributed by atoms with Gasteiger partial charge in [-0.05, 0) is 37.1 Å². The van der Waals surface area contributed by atoms with Crippen LogP contribution in [0.2, 0.25) is 0 Å². The number of amides is 1. The molecular weight excluding hydrogens is 443 g/mol. The second-order valence-electron chi connectivity index (χ2n) is 7.14. The summed E-state index contributed by atoms with van der Waals surface area (Å²) in [5, 5.41) is 2.72. The number of nitrogens with one attached hydrogen (secondary N) is 1. The number of nitrogens with zero attached hydrogens (tertiary/aromatic N) is 4. The van der Waals surface area contributed by atoms with Gasteiger partial charge in [0.05, 0.1) is 18.0 Å². The number of anilines is 1. The summed E-state index contributed by atoms with van der Waals surface area (Å²) in [5.41, 5.74) is -0.260. The van der Waals surface area contributed by atoms with Crippen LogP contribution in [0.3, 0.4) is 0 Å². The van der Waals surface area contributed by atoms with E-state index in [1.165, 1.54) is 6.07 Å². The average molecular weight is 463 g/mol. The van der Waals surface area contributed by atoms with Crippen molar-refractivity contribution in [3.8, 4) is 0 Å². The molecule has 1 N–H and O–H groups in total. The van der Waals surface area contributed by atoms with E-state index >= 15 is 0 Å². The number of alkyl halides is 3. The van der Waals surface area contributed by atoms with Crippen molar-refractivity contribution in [3.63, 3.8) is 0 Å². The van der Waals surface area contributed by atoms with Crippen LogP contribution in [-0.4, -0.2) is 33.9 Å². The van der Waals surface area contributed by atoms with Crippen molar-refractivity contribution in [3.05, 3.63) is 65.5 Å². The van der Waals surface area contributed by atoms with Crippen LogP contribution in [0.15, 0.2) is 52.2 Å². The molecule has 0 saturated carbocycles. The molecule has 0 unspecified atom stereocenters. The van der Waals surface area contributed by atoms with Gasteiger partial charge in [-0.1, -0.05) is 17.8 Å². The number of thioether (sulfide) groups is 1. The van der Waals surface area contributed by atoms with E-state index in [2.05, 4.69) is 20.3 Å². The Kier molecular flexibility index (Phi) is 6.63. The van der Waals surface area contributed by atoms with Gasteiger partial charge < -0.3 is 14.6 Å². The molecule has 7 nitrogen and oxygen atoms in total. The Bertz CT molecular complexity index is 1070. The highest BCUT2D eigenvalue weighted by Crippen LogP contribution is 2.33. The molecule has 1 aliphatic rings. The third kappa shape index (κ3) is 5.58. The molecule has 4 rings (SSSR count). The third-order valence-electron chi connectivity index (χ3n) is 4.80. The van der Waals surface area contributed by atoms with E-state index < -0.39 is 17.8 Å². The Morgan fingerprint density at radius 1 is 1.16 bits per heavy atom. The molecule has 11 heteroatoms. The standard InChI is InChI=1S/C21H20F3N5O2S/c22-21(23,24)17-11-18(29-9-3-4-10-29)28-20(27-17)32-13-15-6-7-16(31-15)19(30)26-12-14-5-1-2-8-25-14/h1-2,5-8,11H,3-4,9-10,12-13H2,(H,26,30). The average Bonchev–Trinajstić information content (AvgIpc) is 3.48. The van der Waals surface area contributed by atoms with Crippen LogP contribution >= 0.6 is 11.8 Å². The Balaban J connectivity index is 1.40. The number of halogens is 3. The Hall–Kier alpha value is -3.08. The van der Waals surface area contributed by atoms with Gasteiger partial charge in [-0.15, -0.1) is 0 Å². The molecular formula is C21H20F3N5O2S. The Labute approximate surface area is 186 Å². The van der Waals surface area contributed by atoms with Crippen LogP contribution in [0.25, 0.3) is 0 Å². The van der Waals surface area contributed by atoms with Gasteiger partial charge in [0.2, 0.25) is 0 Å². The van der Waals surface area contributed by atoms with E-state index in [1.54, 1.807) is 24.4 Å². The quantitative estimate of drug-likeness (QED) is 0.413. The van der Waals surface area contributed by atoms with Crippen molar-refractivity contribution in [2.75, 3.05) is 18.0 Å². The summed E-state index contributed by atoms with van der Waals surface area (Å²) in [6.45, 7) is 1.60. The van der Waals surface area contributed by atoms with Gasteiger partial charge in [-0.2, -0.15) is 13.2 Å². The predicted octanol–water partition coefficient (Wildman–Crippen LogP) is 4.31. The first-order valence-corrected chi connectivity index (χ1v) is 11.0. The number of furan rings is 1. The molecule has 3 aromatic rings. The smallest absolute Gasteiger partial charge is 0.433 e. The number of hydrogen-bond acceptors (Lipinski definition) is 7. The molecule has 0 atom stereocenters. The fraction of sp³-hybridized carbons (Fsp3) is 0.333. The highest BCUT2D eigenvalue weighted by atomic mass is 32.2. The number of aromatic nitrogens is 3. The van der Waals surface area contributed by atoms with E-state index in [1.807, 2.05) is 11.0 Å². The highest BCUT2D eigenvalue weighted by Gasteiger charge is 2.34. The lowest BCUT2D eigenvalue weighted by molar-refractivity contribution is -0.141. The zero-order valence-corrected chi connectivity index (χ0v) is 17.7. The molecule has 168 valence electrons. The summed E-state index contributed by atoms with van der Waals surface area (Å²) >= 11 is 1.03. The van der Waals surface area contributed by atoms with Crippen molar-refractivity contribution in [1.82, 2.24) is 20.3 Å². The first-order valence-electron chi connectivity index (χ1n) is 9.99. The van der Waals surface area contributed by atoms with Crippen molar-refractivity contribution in [2.45, 2.75) is 36.5 Å². The minimum atomic E-state index is -4.56. The zero-order valence-electron chi connectivity index (χ0n) is 16.9. The van der Waals surface area contributed by atoms with E-state index in [4.69, 9.17) is 4.42 Å². The number of rotatable bonds is 7. The van der Waals surface area contributed by atoms with Gasteiger partial charge >= 0.3 is 6.18 Å². The van der Waals surface area contributed by atoms with E-state index in [-0.39, 0.29) is 29.0 Å². The van der Waals surface area contributed by atoms with Crippen LogP contribution in [0.5, 0.6) is 0 Å². The second kappa shape index (κ2) is 9.60. The topological polar surface area (TPSA) is 84.2 Å². The van der Waals surface area contributed by atoms with E-state index in [0.29, 0.717) is 24.5 Å². The van der Waals surface area contributed by atoms with Crippen molar-refractivity contribution < 1.29 is 22.4 Å². The molecule has 0 aromatic carbocycles. The summed E-state index contributed by atoms with van der Waals surface area (Å²) in [7, 11) is 0. The minimum absolute atomic E-state index is 0.0132. The molecule has 1 amide bonds. The molecule has 0 radical (unpaired) electrons. The van der Waals surface area contributed by atoms with Gasteiger partial charge in [-0.25, -0.2) is 9.97 Å². The first-order chi connectivity index (χ1) is 15.4. The van der Waals surface area contributed by atoms with E-state index in [0.717, 1.165) is 30.7 Å². The normalized spacial score (nSPS) is 14.0. The minimum Gasteiger partial charge on any atom is -0.455 e. The number of hydrogen-bond donors (Lipinski definition) is 1. The number of pyridine rings is 1. The van der Waals surface area contributed by atoms with Gasteiger partial charge in [0.15, 0.2) is 16.6 Å². The molecule has 32 heavy (non-hydrogen) atoms. The van der Waals surface area contributed by atoms with Crippen LogP contribution in [0.1, 0.15) is 40.5 Å². The van der Waals surface area contributed by atoms with Gasteiger partial charge in [0, 0.05) is 25.4 Å². The fourth-order valence-corrected chi connectivity index (χ4v) is 3.95. The van der Waals surface area contributed by atoms with Crippen molar-refractivity contribution in [1.29, 1.82) is 0 Å². The monoisotopic (exact) mass is 463 g/mol. The summed E-state index contributed by atoms with van der Waals surface area (Å²) in [6.07, 6.45) is -1.08. The first kappa shape index (κ1) is 22.1. The summed E-state index contributed by atoms with van der Waals surface area (Å²) < 4.78 is 45.4. The Morgan fingerprint density at radius 2 is 1.97 bits per heavy atom. The molecule has 0 spiro atoms. The molecule has 0 bridgehead atoms. The second-order valence-corrected chi connectivity index (χ2v) is 8.09. The Morgan fingerprint density at radius 3 is 2.69 bits per heavy atom. The lowest BCUT2D eigenvalue weighted by atomic mass is 10.3. The molecule has 3 aromatic heterocycles. The number of carbonyl (C=O) groups excluding carboxylic acids is 1. The molecule has 1 saturated heterocycles. The van der Waals surface area contributed by atoms with Crippen LogP contribution < -0.4 is 10.2 Å². The van der Waals surface area contributed by atoms with Crippen LogP contribution in [-0.2, 0) is 18.5 Å². The van der Waals surface area contributed by atoms with Gasteiger partial charge in [-0.3, -0.25) is 9.78 Å². The lowest BCUT2D eigenvalue weighted by Gasteiger charge is -2.18. The molecule has 1 aliphatic heterocycles. The molecule has 0 aliphatic carbocycles. The maximum Gasteiger partial charge on any atom is 0.433 e. The largest absolute Gasteiger partial charge is 0.455 e. The summed E-state index contributed by atoms with van der Waals surface area (Å²) in [4.78, 5) is 26.2. The predicted molar refractivity (Wildman–Crippen MR) is 112 cm³/mol. The van der Waals surface area contributed by atoms with Crippen molar-refractivity contribution >= 4 is 23.5 Å². The third-order valence-corrected chi connectivity index (χ3v) is 5.67. The molecule has 1 fully saturated rings. The summed E-state index contributed by atoms with van der Waals surface area (Å²) in [6, 6.07) is 9.51. The molecule has 4 heterocycles. The van der Waals surface area contributed by atoms with Gasteiger partial charge in [0.1, 0.15) is 11.6 Å². The van der Waals surface area contributed by atoms with Gasteiger partial charge in [0.25, 0.3) is 5.91 Å². The SMILES string of the molecule is O=C(NCc1ccccn1)c1ccc(CSc2nc(N3CCCC3)cc(C(F)(F)F)n2)o1. The number of carbonyl (C=O) groups is 1. The maximum absolute atomic E-state index is 13.3. The van der Waals surface area contributed by atoms with Crippen LogP contribution in [0, 0.1) is 0 Å². The zero-order chi connectivity index (χ0) is 22.6. The van der Waals surface area contributed by atoms with Crippen molar-refractivity contribution in [2.24, 2.45) is 0 Å². The van der Waals surface area contributed by atoms with E-state index in [9.17, 15) is 18.0 Å². The fourth-order valence-electron chi connectivity index (χ4n) is 3.20. The highest BCUT2D eigenvalue weighted by molar-refractivity contribution is 7.98. The summed E-state index contributed by atoms with van der Waals surface area (Å²) in [5.74, 6) is 0.606. The van der Waals surface area contributed by atoms with Crippen LogP contribution in [0.4, 0.5) is 19.0 Å². The maximum atomic E-state index is 13.3.